The molecular formula is C20H16N4O5. The van der Waals surface area contributed by atoms with E-state index in [4.69, 9.17) is 18.9 Å². The molecule has 0 bridgehead atoms. The summed E-state index contributed by atoms with van der Waals surface area (Å²) in [6, 6.07) is 14.0. The lowest BCUT2D eigenvalue weighted by Crippen LogP contribution is -2.15. The average molecular weight is 392 g/mol. The average Bonchev–Trinajstić information content (AvgIpc) is 3.22. The standard InChI is InChI=1S/C20H16N4O5/c25-20(22-13-2-5-16-18(10-13)29-11-28-16)14-3-6-19(24-23-14)21-12-1-4-15-17(9-12)27-8-7-26-15/h1-6,9-10H,7-8,11H2,(H,21,24)(H,22,25). The van der Waals surface area contributed by atoms with Crippen molar-refractivity contribution in [2.24, 2.45) is 0 Å². The van der Waals surface area contributed by atoms with Gasteiger partial charge in [0.1, 0.15) is 13.2 Å². The van der Waals surface area contributed by atoms with Gasteiger partial charge in [0.25, 0.3) is 5.91 Å². The molecular weight excluding hydrogens is 376 g/mol. The number of hydrogen-bond donors (Lipinski definition) is 2. The maximum absolute atomic E-state index is 12.4. The highest BCUT2D eigenvalue weighted by atomic mass is 16.7. The fourth-order valence-electron chi connectivity index (χ4n) is 2.96. The summed E-state index contributed by atoms with van der Waals surface area (Å²) in [6.45, 7) is 1.24. The summed E-state index contributed by atoms with van der Waals surface area (Å²) in [5.74, 6) is 2.76. The monoisotopic (exact) mass is 392 g/mol. The van der Waals surface area contributed by atoms with Crippen LogP contribution in [-0.4, -0.2) is 36.1 Å². The SMILES string of the molecule is O=C(Nc1ccc2c(c1)OCO2)c1ccc(Nc2ccc3c(c2)OCCO3)nn1. The molecule has 9 nitrogen and oxygen atoms in total. The van der Waals surface area contributed by atoms with Crippen molar-refractivity contribution >= 4 is 23.1 Å². The quantitative estimate of drug-likeness (QED) is 0.698. The van der Waals surface area contributed by atoms with E-state index in [-0.39, 0.29) is 18.4 Å². The Kier molecular flexibility index (Phi) is 4.24. The number of fused-ring (bicyclic) bond motifs is 2. The van der Waals surface area contributed by atoms with Crippen molar-refractivity contribution in [2.45, 2.75) is 0 Å². The summed E-state index contributed by atoms with van der Waals surface area (Å²) in [6.07, 6.45) is 0. The first-order chi connectivity index (χ1) is 14.2. The maximum Gasteiger partial charge on any atom is 0.276 e. The van der Waals surface area contributed by atoms with E-state index >= 15 is 0 Å². The van der Waals surface area contributed by atoms with Crippen LogP contribution in [0.3, 0.4) is 0 Å². The van der Waals surface area contributed by atoms with E-state index in [1.807, 2.05) is 18.2 Å². The molecule has 1 amide bonds. The van der Waals surface area contributed by atoms with Crippen LogP contribution in [0.15, 0.2) is 48.5 Å². The van der Waals surface area contributed by atoms with Gasteiger partial charge in [-0.3, -0.25) is 4.79 Å². The van der Waals surface area contributed by atoms with Gasteiger partial charge >= 0.3 is 0 Å². The lowest BCUT2D eigenvalue weighted by molar-refractivity contribution is 0.102. The number of carbonyl (C=O) groups excluding carboxylic acids is 1. The number of hydrogen-bond acceptors (Lipinski definition) is 8. The second-order valence-corrected chi connectivity index (χ2v) is 6.31. The third-order valence-electron chi connectivity index (χ3n) is 4.34. The molecule has 146 valence electrons. The molecule has 0 fully saturated rings. The van der Waals surface area contributed by atoms with Gasteiger partial charge in [0.2, 0.25) is 6.79 Å². The number of nitrogens with zero attached hydrogens (tertiary/aromatic N) is 2. The Morgan fingerprint density at radius 3 is 2.28 bits per heavy atom. The third kappa shape index (κ3) is 3.57. The van der Waals surface area contributed by atoms with Crippen molar-refractivity contribution in [3.05, 3.63) is 54.2 Å². The molecule has 2 aromatic carbocycles. The Morgan fingerprint density at radius 2 is 1.45 bits per heavy atom. The van der Waals surface area contributed by atoms with Crippen LogP contribution in [0.25, 0.3) is 0 Å². The lowest BCUT2D eigenvalue weighted by atomic mass is 10.2. The zero-order chi connectivity index (χ0) is 19.6. The fourth-order valence-corrected chi connectivity index (χ4v) is 2.96. The first-order valence-corrected chi connectivity index (χ1v) is 8.96. The summed E-state index contributed by atoms with van der Waals surface area (Å²) in [5.41, 5.74) is 1.55. The van der Waals surface area contributed by atoms with Gasteiger partial charge in [-0.1, -0.05) is 0 Å². The molecule has 2 aliphatic rings. The number of rotatable bonds is 4. The highest BCUT2D eigenvalue weighted by Gasteiger charge is 2.16. The van der Waals surface area contributed by atoms with Crippen molar-refractivity contribution in [3.8, 4) is 23.0 Å². The Morgan fingerprint density at radius 1 is 0.759 bits per heavy atom. The van der Waals surface area contributed by atoms with Gasteiger partial charge in [-0.2, -0.15) is 0 Å². The van der Waals surface area contributed by atoms with Gasteiger partial charge < -0.3 is 29.6 Å². The molecule has 2 N–H and O–H groups in total. The molecule has 0 spiro atoms. The van der Waals surface area contributed by atoms with Gasteiger partial charge in [-0.25, -0.2) is 0 Å². The summed E-state index contributed by atoms with van der Waals surface area (Å²) in [7, 11) is 0. The number of benzene rings is 2. The normalized spacial score (nSPS) is 13.7. The zero-order valence-corrected chi connectivity index (χ0v) is 15.2. The Balaban J connectivity index is 1.25. The zero-order valence-electron chi connectivity index (χ0n) is 15.2. The molecule has 9 heteroatoms. The minimum absolute atomic E-state index is 0.177. The Hall–Kier alpha value is -4.01. The highest BCUT2D eigenvalue weighted by molar-refractivity contribution is 6.03. The molecule has 0 aliphatic carbocycles. The molecule has 0 saturated heterocycles. The van der Waals surface area contributed by atoms with Crippen molar-refractivity contribution in [1.29, 1.82) is 0 Å². The van der Waals surface area contributed by atoms with E-state index in [2.05, 4.69) is 20.8 Å². The van der Waals surface area contributed by atoms with Crippen molar-refractivity contribution in [2.75, 3.05) is 30.6 Å². The maximum atomic E-state index is 12.4. The number of nitrogens with one attached hydrogen (secondary N) is 2. The molecule has 3 aromatic rings. The van der Waals surface area contributed by atoms with Gasteiger partial charge in [-0.15, -0.1) is 10.2 Å². The van der Waals surface area contributed by atoms with Crippen LogP contribution in [-0.2, 0) is 0 Å². The van der Waals surface area contributed by atoms with Gasteiger partial charge in [0.05, 0.1) is 0 Å². The molecule has 0 unspecified atom stereocenters. The Labute approximate surface area is 165 Å². The number of amides is 1. The molecule has 2 aliphatic heterocycles. The molecule has 3 heterocycles. The van der Waals surface area contributed by atoms with E-state index in [1.165, 1.54) is 0 Å². The van der Waals surface area contributed by atoms with Crippen LogP contribution in [0.2, 0.25) is 0 Å². The van der Waals surface area contributed by atoms with E-state index in [0.717, 1.165) is 5.69 Å². The number of ether oxygens (including phenoxy) is 4. The van der Waals surface area contributed by atoms with E-state index in [0.29, 0.717) is 47.7 Å². The summed E-state index contributed by atoms with van der Waals surface area (Å²) in [5, 5.41) is 14.0. The summed E-state index contributed by atoms with van der Waals surface area (Å²) in [4.78, 5) is 12.4. The second kappa shape index (κ2) is 7.19. The lowest BCUT2D eigenvalue weighted by Gasteiger charge is -2.19. The fraction of sp³-hybridized carbons (Fsp3) is 0.150. The van der Waals surface area contributed by atoms with Crippen LogP contribution in [0, 0.1) is 0 Å². The number of anilines is 3. The van der Waals surface area contributed by atoms with E-state index in [9.17, 15) is 4.79 Å². The topological polar surface area (TPSA) is 104 Å². The van der Waals surface area contributed by atoms with Gasteiger partial charge in [0.15, 0.2) is 34.5 Å². The molecule has 1 aromatic heterocycles. The third-order valence-corrected chi connectivity index (χ3v) is 4.34. The predicted octanol–water partition coefficient (Wildman–Crippen LogP) is 2.97. The van der Waals surface area contributed by atoms with E-state index in [1.54, 1.807) is 30.3 Å². The van der Waals surface area contributed by atoms with Crippen molar-refractivity contribution in [1.82, 2.24) is 10.2 Å². The van der Waals surface area contributed by atoms with Gasteiger partial charge in [-0.05, 0) is 36.4 Å². The van der Waals surface area contributed by atoms with E-state index < -0.39 is 0 Å². The first kappa shape index (κ1) is 17.1. The summed E-state index contributed by atoms with van der Waals surface area (Å²) >= 11 is 0. The van der Waals surface area contributed by atoms with Crippen LogP contribution < -0.4 is 29.6 Å². The van der Waals surface area contributed by atoms with Crippen molar-refractivity contribution < 1.29 is 23.7 Å². The van der Waals surface area contributed by atoms with Crippen LogP contribution in [0.1, 0.15) is 10.5 Å². The van der Waals surface area contributed by atoms with Crippen LogP contribution in [0.5, 0.6) is 23.0 Å². The molecule has 0 radical (unpaired) electrons. The molecule has 0 atom stereocenters. The number of aromatic nitrogens is 2. The minimum atomic E-state index is -0.373. The van der Waals surface area contributed by atoms with Gasteiger partial charge in [0, 0.05) is 23.5 Å². The minimum Gasteiger partial charge on any atom is -0.486 e. The predicted molar refractivity (Wildman–Crippen MR) is 103 cm³/mol. The molecule has 29 heavy (non-hydrogen) atoms. The first-order valence-electron chi connectivity index (χ1n) is 8.96. The number of carbonyl (C=O) groups is 1. The summed E-state index contributed by atoms with van der Waals surface area (Å²) < 4.78 is 21.6. The second-order valence-electron chi connectivity index (χ2n) is 6.31. The highest BCUT2D eigenvalue weighted by Crippen LogP contribution is 2.35. The molecule has 0 saturated carbocycles. The largest absolute Gasteiger partial charge is 0.486 e. The smallest absolute Gasteiger partial charge is 0.276 e. The Bertz CT molecular complexity index is 1070. The molecule has 5 rings (SSSR count). The van der Waals surface area contributed by atoms with Crippen LogP contribution >= 0.6 is 0 Å². The van der Waals surface area contributed by atoms with Crippen LogP contribution in [0.4, 0.5) is 17.2 Å². The van der Waals surface area contributed by atoms with Crippen molar-refractivity contribution in [3.63, 3.8) is 0 Å².